The van der Waals surface area contributed by atoms with Gasteiger partial charge in [0, 0.05) is 44.6 Å². The Bertz CT molecular complexity index is 1600. The van der Waals surface area contributed by atoms with Crippen molar-refractivity contribution in [2.45, 2.75) is 25.9 Å². The quantitative estimate of drug-likeness (QED) is 0.176. The van der Waals surface area contributed by atoms with Gasteiger partial charge in [0.1, 0.15) is 12.4 Å². The number of carboxylic acids is 1. The molecule has 3 aromatic carbocycles. The van der Waals surface area contributed by atoms with E-state index in [9.17, 15) is 23.1 Å². The number of para-hydroxylation sites is 1. The average molecular weight is 650 g/mol. The number of benzene rings is 3. The van der Waals surface area contributed by atoms with E-state index in [2.05, 4.69) is 37.2 Å². The normalized spacial score (nSPS) is 14.1. The lowest BCUT2D eigenvalue weighted by Crippen LogP contribution is -2.47. The molecule has 1 aliphatic rings. The van der Waals surface area contributed by atoms with Gasteiger partial charge in [-0.3, -0.25) is 4.79 Å². The zero-order valence-electron chi connectivity index (χ0n) is 26.3. The number of rotatable bonds is 13. The number of piperazine rings is 1. The number of alkyl halides is 3. The predicted octanol–water partition coefficient (Wildman–Crippen LogP) is 6.13. The maximum atomic E-state index is 13.1. The minimum absolute atomic E-state index is 0.213. The molecular weight excluding hydrogens is 611 g/mol. The van der Waals surface area contributed by atoms with E-state index in [0.29, 0.717) is 62.4 Å². The number of nitrogens with zero attached hydrogens (tertiary/aromatic N) is 6. The number of aliphatic carboxylic acids is 1. The zero-order valence-corrected chi connectivity index (χ0v) is 26.3. The van der Waals surface area contributed by atoms with Crippen LogP contribution in [-0.4, -0.2) is 72.4 Å². The number of halogens is 3. The fourth-order valence-electron chi connectivity index (χ4n) is 5.21. The number of hydrogen-bond acceptors (Lipinski definition) is 9. The zero-order chi connectivity index (χ0) is 33.4. The lowest BCUT2D eigenvalue weighted by atomic mass is 9.97. The molecule has 1 atom stereocenters. The van der Waals surface area contributed by atoms with Crippen LogP contribution in [0.3, 0.4) is 0 Å². The third kappa shape index (κ3) is 9.02. The first-order valence-corrected chi connectivity index (χ1v) is 15.5. The molecule has 0 bridgehead atoms. The van der Waals surface area contributed by atoms with Crippen LogP contribution < -0.4 is 24.8 Å². The molecule has 2 N–H and O–H groups in total. The number of aromatic nitrogens is 3. The van der Waals surface area contributed by atoms with Gasteiger partial charge in [-0.1, -0.05) is 37.3 Å². The van der Waals surface area contributed by atoms with Crippen molar-refractivity contribution in [1.29, 1.82) is 0 Å². The molecule has 1 fully saturated rings. The number of hydrogen-bond donors (Lipinski definition) is 2. The summed E-state index contributed by atoms with van der Waals surface area (Å²) in [6.45, 7) is 5.50. The molecule has 47 heavy (non-hydrogen) atoms. The molecule has 0 amide bonds. The van der Waals surface area contributed by atoms with Crippen LogP contribution in [0.1, 0.15) is 24.5 Å². The second kappa shape index (κ2) is 15.0. The molecule has 13 heteroatoms. The fraction of sp³-hybridized carbons (Fsp3) is 0.353. The van der Waals surface area contributed by atoms with Crippen molar-refractivity contribution in [2.24, 2.45) is 5.92 Å². The SMILES string of the molecule is CCC(Cc1ccc(OCCN(C)c2nc(Nc3ccc(C(F)(F)F)cc3)nc(N3CCN(c4ccccc4)CC3)n2)cc1)C(=O)O. The molecule has 10 nitrogen and oxygen atoms in total. The van der Waals surface area contributed by atoms with E-state index in [4.69, 9.17) is 9.72 Å². The second-order valence-electron chi connectivity index (χ2n) is 11.3. The molecule has 1 saturated heterocycles. The van der Waals surface area contributed by atoms with Crippen LogP contribution in [-0.2, 0) is 17.4 Å². The lowest BCUT2D eigenvalue weighted by Gasteiger charge is -2.36. The fourth-order valence-corrected chi connectivity index (χ4v) is 5.21. The first-order valence-electron chi connectivity index (χ1n) is 15.5. The van der Waals surface area contributed by atoms with Gasteiger partial charge in [0.25, 0.3) is 0 Å². The molecule has 0 aliphatic carbocycles. The highest BCUT2D eigenvalue weighted by atomic mass is 19.4. The van der Waals surface area contributed by atoms with Crippen LogP contribution in [0, 0.1) is 5.92 Å². The van der Waals surface area contributed by atoms with Crippen molar-refractivity contribution in [3.8, 4) is 5.75 Å². The van der Waals surface area contributed by atoms with Gasteiger partial charge in [-0.25, -0.2) is 0 Å². The van der Waals surface area contributed by atoms with Gasteiger partial charge in [-0.05, 0) is 66.9 Å². The molecule has 0 saturated carbocycles. The maximum Gasteiger partial charge on any atom is 0.416 e. The Morgan fingerprint density at radius 3 is 2.21 bits per heavy atom. The summed E-state index contributed by atoms with van der Waals surface area (Å²) in [5, 5.41) is 12.4. The van der Waals surface area contributed by atoms with Crippen LogP contribution in [0.15, 0.2) is 78.9 Å². The Morgan fingerprint density at radius 1 is 0.936 bits per heavy atom. The van der Waals surface area contributed by atoms with Crippen LogP contribution in [0.5, 0.6) is 5.75 Å². The maximum absolute atomic E-state index is 13.1. The molecule has 5 rings (SSSR count). The molecule has 0 spiro atoms. The summed E-state index contributed by atoms with van der Waals surface area (Å²) < 4.78 is 45.2. The third-order valence-corrected chi connectivity index (χ3v) is 8.05. The van der Waals surface area contributed by atoms with Crippen LogP contribution >= 0.6 is 0 Å². The summed E-state index contributed by atoms with van der Waals surface area (Å²) in [7, 11) is 1.83. The first-order chi connectivity index (χ1) is 22.6. The van der Waals surface area contributed by atoms with E-state index in [1.807, 2.05) is 61.3 Å². The highest BCUT2D eigenvalue weighted by Gasteiger charge is 2.30. The van der Waals surface area contributed by atoms with Crippen LogP contribution in [0.25, 0.3) is 0 Å². The molecule has 1 aromatic heterocycles. The van der Waals surface area contributed by atoms with E-state index < -0.39 is 23.6 Å². The number of anilines is 5. The van der Waals surface area contributed by atoms with E-state index >= 15 is 0 Å². The molecule has 1 unspecified atom stereocenters. The largest absolute Gasteiger partial charge is 0.492 e. The van der Waals surface area contributed by atoms with Gasteiger partial charge >= 0.3 is 12.1 Å². The topological polar surface area (TPSA) is 107 Å². The minimum Gasteiger partial charge on any atom is -0.492 e. The van der Waals surface area contributed by atoms with E-state index in [1.54, 1.807) is 0 Å². The standard InChI is InChI=1S/C34H38F3N7O3/c1-3-25(30(45)46)23-24-9-15-29(16-10-24)47-22-21-42(2)32-39-31(38-27-13-11-26(12-14-27)34(35,36)37)40-33(41-32)44-19-17-43(18-20-44)28-7-5-4-6-8-28/h4-16,25H,3,17-23H2,1-2H3,(H,45,46)(H,38,39,40,41). The first kappa shape index (κ1) is 33.3. The minimum atomic E-state index is -4.43. The van der Waals surface area contributed by atoms with Crippen molar-refractivity contribution in [3.63, 3.8) is 0 Å². The van der Waals surface area contributed by atoms with E-state index in [1.165, 1.54) is 12.1 Å². The molecule has 2 heterocycles. The monoisotopic (exact) mass is 649 g/mol. The molecule has 0 radical (unpaired) electrons. The van der Waals surface area contributed by atoms with Gasteiger partial charge in [0.05, 0.1) is 18.0 Å². The highest BCUT2D eigenvalue weighted by Crippen LogP contribution is 2.30. The molecule has 4 aromatic rings. The van der Waals surface area contributed by atoms with Gasteiger partial charge in [0.2, 0.25) is 17.8 Å². The Labute approximate surface area is 271 Å². The number of likely N-dealkylation sites (N-methyl/N-ethyl adjacent to an activating group) is 1. The van der Waals surface area contributed by atoms with Crippen molar-refractivity contribution < 1.29 is 27.8 Å². The molecule has 1 aliphatic heterocycles. The second-order valence-corrected chi connectivity index (χ2v) is 11.3. The molecular formula is C34H38F3N7O3. The Morgan fingerprint density at radius 2 is 1.60 bits per heavy atom. The third-order valence-electron chi connectivity index (χ3n) is 8.05. The summed E-state index contributed by atoms with van der Waals surface area (Å²) in [6.07, 6.45) is -3.41. The Hall–Kier alpha value is -5.07. The van der Waals surface area contributed by atoms with Crippen molar-refractivity contribution in [3.05, 3.63) is 90.0 Å². The lowest BCUT2D eigenvalue weighted by molar-refractivity contribution is -0.141. The number of carbonyl (C=O) groups is 1. The summed E-state index contributed by atoms with van der Waals surface area (Å²) in [6, 6.07) is 22.3. The van der Waals surface area contributed by atoms with Crippen LogP contribution in [0.2, 0.25) is 0 Å². The number of nitrogens with one attached hydrogen (secondary N) is 1. The summed E-state index contributed by atoms with van der Waals surface area (Å²) >= 11 is 0. The predicted molar refractivity (Wildman–Crippen MR) is 176 cm³/mol. The van der Waals surface area contributed by atoms with Crippen molar-refractivity contribution in [1.82, 2.24) is 15.0 Å². The van der Waals surface area contributed by atoms with E-state index in [-0.39, 0.29) is 5.95 Å². The average Bonchev–Trinajstić information content (AvgIpc) is 3.08. The summed E-state index contributed by atoms with van der Waals surface area (Å²) in [5.41, 5.74) is 1.75. The van der Waals surface area contributed by atoms with Crippen LogP contribution in [0.4, 0.5) is 42.4 Å². The number of ether oxygens (including phenoxy) is 1. The smallest absolute Gasteiger partial charge is 0.416 e. The molecule has 248 valence electrons. The highest BCUT2D eigenvalue weighted by molar-refractivity contribution is 5.70. The summed E-state index contributed by atoms with van der Waals surface area (Å²) in [4.78, 5) is 31.5. The van der Waals surface area contributed by atoms with Gasteiger partial charge in [-0.15, -0.1) is 0 Å². The van der Waals surface area contributed by atoms with Gasteiger partial charge in [-0.2, -0.15) is 28.1 Å². The summed E-state index contributed by atoms with van der Waals surface area (Å²) in [5.74, 6) is 0.491. The Kier molecular flexibility index (Phi) is 10.6. The number of carboxylic acid groups (broad SMARTS) is 1. The van der Waals surface area contributed by atoms with Gasteiger partial charge in [0.15, 0.2) is 0 Å². The van der Waals surface area contributed by atoms with E-state index in [0.717, 1.165) is 36.5 Å². The Balaban J connectivity index is 1.27. The van der Waals surface area contributed by atoms with Gasteiger partial charge < -0.3 is 29.9 Å². The van der Waals surface area contributed by atoms with Crippen molar-refractivity contribution in [2.75, 3.05) is 66.4 Å². The van der Waals surface area contributed by atoms with Crippen molar-refractivity contribution >= 4 is 35.2 Å².